The van der Waals surface area contributed by atoms with Gasteiger partial charge in [0.2, 0.25) is 0 Å². The molecule has 1 fully saturated rings. The smallest absolute Gasteiger partial charge is 0.271 e. The van der Waals surface area contributed by atoms with Gasteiger partial charge in [-0.05, 0) is 25.7 Å². The van der Waals surface area contributed by atoms with Gasteiger partial charge in [0, 0.05) is 5.71 Å². The Bertz CT molecular complexity index is 513. The maximum absolute atomic E-state index is 11.7. The van der Waals surface area contributed by atoms with E-state index in [0.717, 1.165) is 37.6 Å². The second-order valence-electron chi connectivity index (χ2n) is 4.78. The van der Waals surface area contributed by atoms with E-state index in [1.54, 1.807) is 0 Å². The van der Waals surface area contributed by atoms with Crippen LogP contribution in [0.2, 0.25) is 0 Å². The standard InChI is InChI=1S/C12H17N5O3/c18-12(9-16-8-11(7-13-16)17(19)20)15-14-10-5-3-1-2-4-6-10/h7-8H,1-6,9H2,(H,15,18). The second kappa shape index (κ2) is 6.78. The number of rotatable bonds is 4. The molecule has 1 heterocycles. The number of aromatic nitrogens is 2. The van der Waals surface area contributed by atoms with E-state index in [0.29, 0.717) is 0 Å². The van der Waals surface area contributed by atoms with Gasteiger partial charge in [0.25, 0.3) is 5.91 Å². The molecule has 0 radical (unpaired) electrons. The Morgan fingerprint density at radius 2 is 2.10 bits per heavy atom. The fourth-order valence-corrected chi connectivity index (χ4v) is 2.11. The zero-order chi connectivity index (χ0) is 14.4. The molecule has 2 rings (SSSR count). The molecule has 108 valence electrons. The Morgan fingerprint density at radius 3 is 2.70 bits per heavy atom. The highest BCUT2D eigenvalue weighted by atomic mass is 16.6. The van der Waals surface area contributed by atoms with Crippen molar-refractivity contribution in [2.24, 2.45) is 5.10 Å². The summed E-state index contributed by atoms with van der Waals surface area (Å²) in [7, 11) is 0. The van der Waals surface area contributed by atoms with E-state index in [2.05, 4.69) is 15.6 Å². The van der Waals surface area contributed by atoms with Crippen LogP contribution < -0.4 is 5.43 Å². The third-order valence-corrected chi connectivity index (χ3v) is 3.16. The Labute approximate surface area is 116 Å². The maximum Gasteiger partial charge on any atom is 0.307 e. The molecule has 1 aliphatic carbocycles. The van der Waals surface area contributed by atoms with Crippen molar-refractivity contribution in [3.05, 3.63) is 22.5 Å². The first-order chi connectivity index (χ1) is 9.65. The lowest BCUT2D eigenvalue weighted by atomic mass is 10.2. The summed E-state index contributed by atoms with van der Waals surface area (Å²) in [6.07, 6.45) is 8.83. The van der Waals surface area contributed by atoms with E-state index >= 15 is 0 Å². The first kappa shape index (κ1) is 14.2. The van der Waals surface area contributed by atoms with Gasteiger partial charge < -0.3 is 0 Å². The number of nitro groups is 1. The van der Waals surface area contributed by atoms with E-state index < -0.39 is 4.92 Å². The van der Waals surface area contributed by atoms with Crippen LogP contribution in [0.4, 0.5) is 5.69 Å². The summed E-state index contributed by atoms with van der Waals surface area (Å²) in [5, 5.41) is 18.4. The normalized spacial score (nSPS) is 15.5. The molecule has 0 spiro atoms. The van der Waals surface area contributed by atoms with Crippen LogP contribution in [0, 0.1) is 10.1 Å². The van der Waals surface area contributed by atoms with Gasteiger partial charge in [-0.3, -0.25) is 19.6 Å². The second-order valence-corrected chi connectivity index (χ2v) is 4.78. The number of nitrogens with zero attached hydrogens (tertiary/aromatic N) is 4. The van der Waals surface area contributed by atoms with Crippen molar-refractivity contribution in [3.8, 4) is 0 Å². The highest BCUT2D eigenvalue weighted by Gasteiger charge is 2.11. The molecule has 0 bridgehead atoms. The monoisotopic (exact) mass is 279 g/mol. The number of nitrogens with one attached hydrogen (secondary N) is 1. The van der Waals surface area contributed by atoms with Crippen molar-refractivity contribution in [2.75, 3.05) is 0 Å². The van der Waals surface area contributed by atoms with Crippen LogP contribution in [-0.2, 0) is 11.3 Å². The van der Waals surface area contributed by atoms with Crippen molar-refractivity contribution >= 4 is 17.3 Å². The van der Waals surface area contributed by atoms with Crippen LogP contribution in [0.3, 0.4) is 0 Å². The molecule has 1 amide bonds. The van der Waals surface area contributed by atoms with E-state index in [1.165, 1.54) is 23.7 Å². The fourth-order valence-electron chi connectivity index (χ4n) is 2.11. The van der Waals surface area contributed by atoms with Crippen molar-refractivity contribution in [3.63, 3.8) is 0 Å². The van der Waals surface area contributed by atoms with E-state index in [4.69, 9.17) is 0 Å². The zero-order valence-electron chi connectivity index (χ0n) is 11.1. The number of hydrogen-bond acceptors (Lipinski definition) is 5. The molecule has 0 atom stereocenters. The van der Waals surface area contributed by atoms with Crippen LogP contribution >= 0.6 is 0 Å². The van der Waals surface area contributed by atoms with Gasteiger partial charge in [0.1, 0.15) is 18.9 Å². The summed E-state index contributed by atoms with van der Waals surface area (Å²) >= 11 is 0. The first-order valence-corrected chi connectivity index (χ1v) is 6.66. The minimum absolute atomic E-state index is 0.0788. The summed E-state index contributed by atoms with van der Waals surface area (Å²) in [4.78, 5) is 21.6. The molecule has 8 nitrogen and oxygen atoms in total. The van der Waals surface area contributed by atoms with Gasteiger partial charge in [0.15, 0.2) is 0 Å². The van der Waals surface area contributed by atoms with Crippen molar-refractivity contribution in [2.45, 2.75) is 45.1 Å². The Morgan fingerprint density at radius 1 is 1.40 bits per heavy atom. The Kier molecular flexibility index (Phi) is 4.80. The molecule has 0 aliphatic heterocycles. The van der Waals surface area contributed by atoms with Gasteiger partial charge in [-0.25, -0.2) is 5.43 Å². The lowest BCUT2D eigenvalue weighted by Gasteiger charge is -2.03. The number of hydrogen-bond donors (Lipinski definition) is 1. The summed E-state index contributed by atoms with van der Waals surface area (Å²) in [6, 6.07) is 0. The topological polar surface area (TPSA) is 102 Å². The number of carbonyl (C=O) groups is 1. The van der Waals surface area contributed by atoms with Crippen LogP contribution in [0.15, 0.2) is 17.5 Å². The van der Waals surface area contributed by atoms with Gasteiger partial charge in [-0.1, -0.05) is 12.8 Å². The fraction of sp³-hybridized carbons (Fsp3) is 0.583. The van der Waals surface area contributed by atoms with Gasteiger partial charge in [0.05, 0.1) is 4.92 Å². The van der Waals surface area contributed by atoms with Crippen LogP contribution in [-0.4, -0.2) is 26.3 Å². The summed E-state index contributed by atoms with van der Waals surface area (Å²) in [5.41, 5.74) is 3.37. The quantitative estimate of drug-likeness (QED) is 0.514. The van der Waals surface area contributed by atoms with Crippen LogP contribution in [0.5, 0.6) is 0 Å². The van der Waals surface area contributed by atoms with E-state index in [9.17, 15) is 14.9 Å². The SMILES string of the molecule is O=C(Cn1cc([N+](=O)[O-])cn1)NN=C1CCCCCC1. The van der Waals surface area contributed by atoms with Crippen molar-refractivity contribution < 1.29 is 9.72 Å². The molecule has 1 saturated carbocycles. The molecule has 20 heavy (non-hydrogen) atoms. The van der Waals surface area contributed by atoms with Crippen LogP contribution in [0.1, 0.15) is 38.5 Å². The zero-order valence-corrected chi connectivity index (χ0v) is 11.1. The summed E-state index contributed by atoms with van der Waals surface area (Å²) in [5.74, 6) is -0.334. The minimum atomic E-state index is -0.548. The predicted octanol–water partition coefficient (Wildman–Crippen LogP) is 1.62. The molecule has 0 unspecified atom stereocenters. The largest absolute Gasteiger partial charge is 0.307 e. The van der Waals surface area contributed by atoms with E-state index in [-0.39, 0.29) is 18.1 Å². The van der Waals surface area contributed by atoms with Gasteiger partial charge in [-0.2, -0.15) is 10.2 Å². The Hall–Kier alpha value is -2.25. The van der Waals surface area contributed by atoms with Crippen molar-refractivity contribution in [1.82, 2.24) is 15.2 Å². The average Bonchev–Trinajstić information content (AvgIpc) is 2.72. The number of hydrazone groups is 1. The maximum atomic E-state index is 11.7. The molecule has 8 heteroatoms. The molecule has 1 aromatic heterocycles. The van der Waals surface area contributed by atoms with Crippen LogP contribution in [0.25, 0.3) is 0 Å². The predicted molar refractivity (Wildman–Crippen MR) is 72.2 cm³/mol. The minimum Gasteiger partial charge on any atom is -0.271 e. The molecular formula is C12H17N5O3. The van der Waals surface area contributed by atoms with Gasteiger partial charge in [-0.15, -0.1) is 0 Å². The molecule has 0 saturated heterocycles. The van der Waals surface area contributed by atoms with E-state index in [1.807, 2.05) is 0 Å². The lowest BCUT2D eigenvalue weighted by molar-refractivity contribution is -0.385. The van der Waals surface area contributed by atoms with Crippen molar-refractivity contribution in [1.29, 1.82) is 0 Å². The molecular weight excluding hydrogens is 262 g/mol. The molecule has 1 aromatic rings. The summed E-state index contributed by atoms with van der Waals surface area (Å²) in [6.45, 7) is -0.0788. The molecule has 0 aromatic carbocycles. The highest BCUT2D eigenvalue weighted by Crippen LogP contribution is 2.14. The number of amides is 1. The lowest BCUT2D eigenvalue weighted by Crippen LogP contribution is -2.24. The average molecular weight is 279 g/mol. The third kappa shape index (κ3) is 4.15. The third-order valence-electron chi connectivity index (χ3n) is 3.16. The molecule has 1 aliphatic rings. The highest BCUT2D eigenvalue weighted by molar-refractivity contribution is 5.86. The Balaban J connectivity index is 1.85. The van der Waals surface area contributed by atoms with Gasteiger partial charge >= 0.3 is 5.69 Å². The summed E-state index contributed by atoms with van der Waals surface area (Å²) < 4.78 is 1.22. The number of carbonyl (C=O) groups excluding carboxylic acids is 1. The first-order valence-electron chi connectivity index (χ1n) is 6.66. The molecule has 1 N–H and O–H groups in total.